The number of nitrogens with one attached hydrogen (secondary N) is 3. The summed E-state index contributed by atoms with van der Waals surface area (Å²) in [7, 11) is 0. The van der Waals surface area contributed by atoms with Crippen LogP contribution in [0.1, 0.15) is 175 Å². The number of carbonyl (C=O) groups excluding carboxylic acids is 6. The van der Waals surface area contributed by atoms with Crippen molar-refractivity contribution in [3.05, 3.63) is 89.5 Å². The Morgan fingerprint density at radius 1 is 0.347 bits per heavy atom. The van der Waals surface area contributed by atoms with Crippen molar-refractivity contribution in [3.8, 4) is 0 Å². The van der Waals surface area contributed by atoms with Crippen molar-refractivity contribution in [2.24, 2.45) is 0 Å². The fraction of sp³-hybridized carbons (Fsp3) is 0.600. The van der Waals surface area contributed by atoms with Gasteiger partial charge in [0.05, 0.1) is 19.3 Å². The molecule has 72 heavy (non-hydrogen) atoms. The number of nitrogens with zero attached hydrogens (tertiary/aromatic N) is 3. The molecule has 402 valence electrons. The molecule has 3 heterocycles. The van der Waals surface area contributed by atoms with E-state index in [0.717, 1.165) is 95.2 Å². The first-order valence-corrected chi connectivity index (χ1v) is 27.9. The molecule has 3 aromatic rings. The van der Waals surface area contributed by atoms with Crippen LogP contribution in [-0.2, 0) is 28.8 Å². The zero-order chi connectivity index (χ0) is 53.8. The number of para-hydroxylation sites is 1. The van der Waals surface area contributed by atoms with E-state index in [-0.39, 0.29) is 71.7 Å². The molecule has 0 unspecified atom stereocenters. The quantitative estimate of drug-likeness (QED) is 0.202. The Hall–Kier alpha value is -5.04. The second-order valence-corrected chi connectivity index (χ2v) is 17.0. The Bertz CT molecular complexity index is 1960. The minimum absolute atomic E-state index is 0.0647. The number of hydrogen-bond acceptors (Lipinski definition) is 12. The molecule has 0 amide bonds. The summed E-state index contributed by atoms with van der Waals surface area (Å²) in [6.07, 6.45) is 3.46. The summed E-state index contributed by atoms with van der Waals surface area (Å²) >= 11 is 0. The largest absolute Gasteiger partial charge is 0.369 e. The van der Waals surface area contributed by atoms with Gasteiger partial charge in [0.25, 0.3) is 0 Å². The van der Waals surface area contributed by atoms with E-state index < -0.39 is 0 Å². The maximum atomic E-state index is 11.7. The maximum absolute atomic E-state index is 11.7. The summed E-state index contributed by atoms with van der Waals surface area (Å²) in [5.41, 5.74) is 7.03. The van der Waals surface area contributed by atoms with Crippen LogP contribution in [0, 0.1) is 0 Å². The van der Waals surface area contributed by atoms with E-state index in [1.807, 2.05) is 107 Å². The van der Waals surface area contributed by atoms with E-state index in [9.17, 15) is 28.8 Å². The van der Waals surface area contributed by atoms with Crippen LogP contribution in [0.2, 0.25) is 0 Å². The highest BCUT2D eigenvalue weighted by atomic mass is 16.2. The fourth-order valence-electron chi connectivity index (χ4n) is 9.45. The van der Waals surface area contributed by atoms with Crippen LogP contribution in [0.5, 0.6) is 0 Å². The lowest BCUT2D eigenvalue weighted by Gasteiger charge is -2.33. The van der Waals surface area contributed by atoms with Crippen LogP contribution in [0.25, 0.3) is 0 Å². The minimum atomic E-state index is 0.0647. The van der Waals surface area contributed by atoms with Gasteiger partial charge < -0.3 is 30.7 Å². The van der Waals surface area contributed by atoms with Crippen molar-refractivity contribution in [1.29, 1.82) is 0 Å². The molecular formula is C60H96N6O6. The van der Waals surface area contributed by atoms with Gasteiger partial charge >= 0.3 is 0 Å². The van der Waals surface area contributed by atoms with Gasteiger partial charge in [-0.2, -0.15) is 0 Å². The second-order valence-electron chi connectivity index (χ2n) is 17.0. The van der Waals surface area contributed by atoms with Crippen molar-refractivity contribution in [2.45, 2.75) is 159 Å². The lowest BCUT2D eigenvalue weighted by molar-refractivity contribution is -0.131. The van der Waals surface area contributed by atoms with Crippen LogP contribution in [-0.4, -0.2) is 113 Å². The first-order chi connectivity index (χ1) is 35.2. The van der Waals surface area contributed by atoms with Gasteiger partial charge in [0, 0.05) is 134 Å². The molecule has 0 radical (unpaired) electrons. The van der Waals surface area contributed by atoms with E-state index >= 15 is 0 Å². The van der Waals surface area contributed by atoms with Crippen molar-refractivity contribution in [3.63, 3.8) is 0 Å². The van der Waals surface area contributed by atoms with E-state index in [2.05, 4.69) is 79.2 Å². The van der Waals surface area contributed by atoms with Crippen LogP contribution in [0.3, 0.4) is 0 Å². The van der Waals surface area contributed by atoms with Gasteiger partial charge in [0.2, 0.25) is 0 Å². The number of anilines is 3. The molecule has 3 aromatic carbocycles. The van der Waals surface area contributed by atoms with Crippen LogP contribution >= 0.6 is 0 Å². The van der Waals surface area contributed by atoms with E-state index in [4.69, 9.17) is 0 Å². The number of benzene rings is 3. The fourth-order valence-corrected chi connectivity index (χ4v) is 9.45. The van der Waals surface area contributed by atoms with Gasteiger partial charge in [-0.05, 0) is 64.8 Å². The summed E-state index contributed by atoms with van der Waals surface area (Å²) < 4.78 is 0. The zero-order valence-corrected chi connectivity index (χ0v) is 46.8. The first-order valence-electron chi connectivity index (χ1n) is 27.9. The van der Waals surface area contributed by atoms with Crippen molar-refractivity contribution in [2.75, 3.05) is 93.2 Å². The smallest absolute Gasteiger partial charge is 0.140 e. The standard InChI is InChI=1S/3C16H20N2O2.6C2H6/c19-15-9-13(10-16(20)11-15)12-1-3-14(4-2-12)18-7-5-17-6-8-18;19-15-9-13(10-16(20)11-15)12-2-1-3-14(8-12)18-6-4-17-5-7-18;19-13-9-12(10-14(20)11-13)15-3-1-2-4-16(15)18-7-5-17-6-8-18;6*1-2/h1-4,13,17H,5-11H2;1-3,8,13,17H,4-7,9-11H2;1-4,12,17H,5-11H2;6*1-2H3. The predicted molar refractivity (Wildman–Crippen MR) is 302 cm³/mol. The maximum Gasteiger partial charge on any atom is 0.140 e. The lowest BCUT2D eigenvalue weighted by atomic mass is 9.82. The third-order valence-corrected chi connectivity index (χ3v) is 12.5. The third kappa shape index (κ3) is 22.0. The Morgan fingerprint density at radius 2 is 0.694 bits per heavy atom. The van der Waals surface area contributed by atoms with Gasteiger partial charge in [0.1, 0.15) is 34.7 Å². The second kappa shape index (κ2) is 38.6. The summed E-state index contributed by atoms with van der Waals surface area (Å²) in [6.45, 7) is 36.0. The first kappa shape index (κ1) is 65.0. The summed E-state index contributed by atoms with van der Waals surface area (Å²) in [5, 5.41) is 10.0. The topological polar surface area (TPSA) is 148 Å². The molecule has 3 N–H and O–H groups in total. The highest BCUT2D eigenvalue weighted by Gasteiger charge is 2.30. The number of Topliss-reactive ketones (excluding diaryl/α,β-unsaturated/α-hetero) is 6. The molecule has 12 nitrogen and oxygen atoms in total. The van der Waals surface area contributed by atoms with Gasteiger partial charge in [-0.25, -0.2) is 0 Å². The summed E-state index contributed by atoms with van der Waals surface area (Å²) in [6, 6.07) is 25.0. The number of piperazine rings is 3. The molecule has 0 atom stereocenters. The predicted octanol–water partition coefficient (Wildman–Crippen LogP) is 10.7. The van der Waals surface area contributed by atoms with Crippen molar-refractivity contribution >= 4 is 51.8 Å². The molecule has 3 aliphatic heterocycles. The molecule has 6 aliphatic rings. The highest BCUT2D eigenvalue weighted by Crippen LogP contribution is 2.36. The number of carbonyl (C=O) groups is 6. The van der Waals surface area contributed by atoms with E-state index in [1.54, 1.807) is 0 Å². The van der Waals surface area contributed by atoms with Gasteiger partial charge in [0.15, 0.2) is 0 Å². The molecule has 0 spiro atoms. The van der Waals surface area contributed by atoms with Gasteiger partial charge in [-0.3, -0.25) is 28.8 Å². The van der Waals surface area contributed by atoms with Gasteiger partial charge in [-0.15, -0.1) is 0 Å². The Morgan fingerprint density at radius 3 is 1.11 bits per heavy atom. The number of hydrogen-bond donors (Lipinski definition) is 3. The molecule has 3 aliphatic carbocycles. The number of ketones is 6. The SMILES string of the molecule is CC.CC.CC.CC.CC.CC.O=C1CC(=O)CC(c2ccc(N3CCNCC3)cc2)C1.O=C1CC(=O)CC(c2cccc(N3CCNCC3)c2)C1.O=C1CC(=O)CC(c2ccccc2N2CCNCC2)C1. The van der Waals surface area contributed by atoms with Crippen LogP contribution < -0.4 is 30.7 Å². The molecular weight excluding hydrogens is 901 g/mol. The molecule has 3 saturated heterocycles. The molecule has 0 aromatic heterocycles. The molecule has 9 rings (SSSR count). The lowest BCUT2D eigenvalue weighted by Crippen LogP contribution is -2.44. The van der Waals surface area contributed by atoms with Gasteiger partial charge in [-0.1, -0.05) is 126 Å². The highest BCUT2D eigenvalue weighted by molar-refractivity contribution is 6.03. The summed E-state index contributed by atoms with van der Waals surface area (Å²) in [5.74, 6) is 0.720. The molecule has 6 fully saturated rings. The molecule has 0 bridgehead atoms. The Balaban J connectivity index is 0.000000488. The third-order valence-electron chi connectivity index (χ3n) is 12.5. The van der Waals surface area contributed by atoms with E-state index in [1.165, 1.54) is 17.1 Å². The number of rotatable bonds is 6. The van der Waals surface area contributed by atoms with E-state index in [0.29, 0.717) is 38.5 Å². The minimum Gasteiger partial charge on any atom is -0.369 e. The van der Waals surface area contributed by atoms with Crippen molar-refractivity contribution < 1.29 is 28.8 Å². The average molecular weight is 997 g/mol. The Labute approximate surface area is 436 Å². The van der Waals surface area contributed by atoms with Crippen LogP contribution in [0.4, 0.5) is 17.1 Å². The molecule has 3 saturated carbocycles. The average Bonchev–Trinajstić information content (AvgIpc) is 3.44. The van der Waals surface area contributed by atoms with Crippen LogP contribution in [0.15, 0.2) is 72.8 Å². The monoisotopic (exact) mass is 997 g/mol. The molecule has 12 heteroatoms. The Kier molecular flexibility index (Phi) is 34.8. The summed E-state index contributed by atoms with van der Waals surface area (Å²) in [4.78, 5) is 76.7. The normalized spacial score (nSPS) is 18.2. The zero-order valence-electron chi connectivity index (χ0n) is 46.8. The van der Waals surface area contributed by atoms with Crippen molar-refractivity contribution in [1.82, 2.24) is 16.0 Å².